The van der Waals surface area contributed by atoms with E-state index in [0.717, 1.165) is 18.4 Å². The molecule has 0 spiro atoms. The number of ether oxygens (including phenoxy) is 1. The van der Waals surface area contributed by atoms with Gasteiger partial charge in [-0.2, -0.15) is 0 Å². The number of anilines is 1. The first kappa shape index (κ1) is 14.9. The van der Waals surface area contributed by atoms with Crippen molar-refractivity contribution in [3.05, 3.63) is 29.8 Å². The van der Waals surface area contributed by atoms with Crippen LogP contribution in [0.3, 0.4) is 0 Å². The van der Waals surface area contributed by atoms with Gasteiger partial charge in [0, 0.05) is 5.69 Å². The molecule has 0 amide bonds. The van der Waals surface area contributed by atoms with Crippen LogP contribution >= 0.6 is 0 Å². The molecule has 0 aliphatic heterocycles. The molecule has 1 fully saturated rings. The van der Waals surface area contributed by atoms with Crippen LogP contribution in [0.5, 0.6) is 0 Å². The molecule has 1 aliphatic carbocycles. The van der Waals surface area contributed by atoms with Crippen LogP contribution < -0.4 is 5.73 Å². The van der Waals surface area contributed by atoms with Crippen LogP contribution in [0.2, 0.25) is 0 Å². The number of esters is 1. The lowest BCUT2D eigenvalue weighted by atomic mass is 9.71. The van der Waals surface area contributed by atoms with E-state index in [2.05, 4.69) is 20.8 Å². The first-order valence-electron chi connectivity index (χ1n) is 7.38. The van der Waals surface area contributed by atoms with Crippen LogP contribution in [0, 0.1) is 11.3 Å². The highest BCUT2D eigenvalue weighted by atomic mass is 16.5. The van der Waals surface area contributed by atoms with Crippen molar-refractivity contribution in [1.29, 1.82) is 0 Å². The fourth-order valence-corrected chi connectivity index (χ4v) is 3.38. The minimum absolute atomic E-state index is 0.0648. The van der Waals surface area contributed by atoms with Gasteiger partial charge in [0.15, 0.2) is 0 Å². The second kappa shape index (κ2) is 5.86. The summed E-state index contributed by atoms with van der Waals surface area (Å²) in [7, 11) is 0. The molecule has 2 N–H and O–H groups in total. The molecule has 1 aliphatic rings. The fourth-order valence-electron chi connectivity index (χ4n) is 3.38. The Balaban J connectivity index is 1.89. The first-order valence-corrected chi connectivity index (χ1v) is 7.38. The van der Waals surface area contributed by atoms with Crippen molar-refractivity contribution >= 4 is 11.7 Å². The van der Waals surface area contributed by atoms with Crippen LogP contribution in [0.1, 0.15) is 45.6 Å². The maximum Gasteiger partial charge on any atom is 0.310 e. The Bertz CT molecular complexity index is 464. The monoisotopic (exact) mass is 275 g/mol. The summed E-state index contributed by atoms with van der Waals surface area (Å²) in [6.07, 6.45) is 3.54. The second-order valence-electron chi connectivity index (χ2n) is 6.94. The zero-order valence-electron chi connectivity index (χ0n) is 12.7. The molecular formula is C17H25NO2. The molecule has 1 aromatic rings. The molecule has 2 unspecified atom stereocenters. The van der Waals surface area contributed by atoms with Gasteiger partial charge in [-0.15, -0.1) is 0 Å². The molecule has 3 nitrogen and oxygen atoms in total. The largest absolute Gasteiger partial charge is 0.462 e. The average Bonchev–Trinajstić information content (AvgIpc) is 2.29. The van der Waals surface area contributed by atoms with Gasteiger partial charge in [-0.25, -0.2) is 0 Å². The van der Waals surface area contributed by atoms with Crippen molar-refractivity contribution in [2.24, 2.45) is 11.3 Å². The summed E-state index contributed by atoms with van der Waals surface area (Å²) in [6, 6.07) is 7.39. The molecule has 2 rings (SSSR count). The molecule has 3 heteroatoms. The van der Waals surface area contributed by atoms with Gasteiger partial charge in [0.25, 0.3) is 0 Å². The maximum atomic E-state index is 12.0. The third-order valence-electron chi connectivity index (χ3n) is 3.97. The SMILES string of the molecule is CC1CC(OC(=O)Cc2ccc(N)cc2)CC(C)(C)C1. The summed E-state index contributed by atoms with van der Waals surface area (Å²) < 4.78 is 5.66. The van der Waals surface area contributed by atoms with Gasteiger partial charge in [0.2, 0.25) is 0 Å². The van der Waals surface area contributed by atoms with E-state index in [-0.39, 0.29) is 17.5 Å². The lowest BCUT2D eigenvalue weighted by Crippen LogP contribution is -2.34. The smallest absolute Gasteiger partial charge is 0.310 e. The summed E-state index contributed by atoms with van der Waals surface area (Å²) in [5.41, 5.74) is 7.57. The van der Waals surface area contributed by atoms with Crippen LogP contribution in [0.25, 0.3) is 0 Å². The molecule has 2 atom stereocenters. The van der Waals surface area contributed by atoms with Crippen molar-refractivity contribution in [3.63, 3.8) is 0 Å². The molecule has 1 aromatic carbocycles. The van der Waals surface area contributed by atoms with E-state index in [1.807, 2.05) is 24.3 Å². The molecule has 0 bridgehead atoms. The van der Waals surface area contributed by atoms with Crippen molar-refractivity contribution < 1.29 is 9.53 Å². The van der Waals surface area contributed by atoms with E-state index in [1.165, 1.54) is 6.42 Å². The lowest BCUT2D eigenvalue weighted by molar-refractivity contribution is -0.152. The molecule has 0 saturated heterocycles. The normalized spacial score (nSPS) is 25.1. The topological polar surface area (TPSA) is 52.3 Å². The zero-order chi connectivity index (χ0) is 14.8. The highest BCUT2D eigenvalue weighted by Crippen LogP contribution is 2.39. The van der Waals surface area contributed by atoms with Gasteiger partial charge in [-0.1, -0.05) is 32.9 Å². The van der Waals surface area contributed by atoms with Gasteiger partial charge < -0.3 is 10.5 Å². The lowest BCUT2D eigenvalue weighted by Gasteiger charge is -2.38. The Kier molecular flexibility index (Phi) is 4.36. The number of nitrogen functional groups attached to an aromatic ring is 1. The zero-order valence-corrected chi connectivity index (χ0v) is 12.7. The number of nitrogens with two attached hydrogens (primary N) is 1. The Morgan fingerprint density at radius 2 is 1.95 bits per heavy atom. The molecular weight excluding hydrogens is 250 g/mol. The molecule has 110 valence electrons. The predicted octanol–water partition coefficient (Wildman–Crippen LogP) is 3.57. The standard InChI is InChI=1S/C17H25NO2/c1-12-8-15(11-17(2,3)10-12)20-16(19)9-13-4-6-14(18)7-5-13/h4-7,12,15H,8-11,18H2,1-3H3. The number of carbonyl (C=O) groups excluding carboxylic acids is 1. The summed E-state index contributed by atoms with van der Waals surface area (Å²) in [4.78, 5) is 12.0. The average molecular weight is 275 g/mol. The molecule has 20 heavy (non-hydrogen) atoms. The van der Waals surface area contributed by atoms with Crippen molar-refractivity contribution in [2.75, 3.05) is 5.73 Å². The van der Waals surface area contributed by atoms with Gasteiger partial charge >= 0.3 is 5.97 Å². The van der Waals surface area contributed by atoms with Crippen LogP contribution in [0.15, 0.2) is 24.3 Å². The van der Waals surface area contributed by atoms with Crippen molar-refractivity contribution in [2.45, 2.75) is 52.6 Å². The predicted molar refractivity (Wildman–Crippen MR) is 81.2 cm³/mol. The number of benzene rings is 1. The van der Waals surface area contributed by atoms with Crippen LogP contribution in [-0.2, 0) is 16.0 Å². The highest BCUT2D eigenvalue weighted by molar-refractivity contribution is 5.73. The van der Waals surface area contributed by atoms with E-state index in [4.69, 9.17) is 10.5 Å². The number of hydrogen-bond acceptors (Lipinski definition) is 3. The van der Waals surface area contributed by atoms with E-state index < -0.39 is 0 Å². The number of carbonyl (C=O) groups is 1. The van der Waals surface area contributed by atoms with Crippen molar-refractivity contribution in [3.8, 4) is 0 Å². The summed E-state index contributed by atoms with van der Waals surface area (Å²) in [5.74, 6) is 0.484. The first-order chi connectivity index (χ1) is 9.34. The third kappa shape index (κ3) is 4.26. The van der Waals surface area contributed by atoms with Crippen molar-refractivity contribution in [1.82, 2.24) is 0 Å². The summed E-state index contributed by atoms with van der Waals surface area (Å²) >= 11 is 0. The Labute approximate surface area is 121 Å². The van der Waals surface area contributed by atoms with Crippen LogP contribution in [0.4, 0.5) is 5.69 Å². The fraction of sp³-hybridized carbons (Fsp3) is 0.588. The molecule has 0 heterocycles. The van der Waals surface area contributed by atoms with Gasteiger partial charge in [-0.3, -0.25) is 4.79 Å². The van der Waals surface area contributed by atoms with E-state index in [0.29, 0.717) is 18.0 Å². The minimum Gasteiger partial charge on any atom is -0.462 e. The van der Waals surface area contributed by atoms with Gasteiger partial charge in [0.1, 0.15) is 6.10 Å². The quantitative estimate of drug-likeness (QED) is 0.677. The van der Waals surface area contributed by atoms with Gasteiger partial charge in [0.05, 0.1) is 6.42 Å². The highest BCUT2D eigenvalue weighted by Gasteiger charge is 2.33. The molecule has 0 radical (unpaired) electrons. The second-order valence-corrected chi connectivity index (χ2v) is 6.94. The molecule has 0 aromatic heterocycles. The number of rotatable bonds is 3. The van der Waals surface area contributed by atoms with E-state index in [9.17, 15) is 4.79 Å². The Morgan fingerprint density at radius 3 is 2.55 bits per heavy atom. The van der Waals surface area contributed by atoms with Gasteiger partial charge in [-0.05, 0) is 48.3 Å². The summed E-state index contributed by atoms with van der Waals surface area (Å²) in [6.45, 7) is 6.74. The van der Waals surface area contributed by atoms with Crippen LogP contribution in [-0.4, -0.2) is 12.1 Å². The maximum absolute atomic E-state index is 12.0. The molecule has 1 saturated carbocycles. The number of hydrogen-bond donors (Lipinski definition) is 1. The Morgan fingerprint density at radius 1 is 1.30 bits per heavy atom. The summed E-state index contributed by atoms with van der Waals surface area (Å²) in [5, 5.41) is 0. The third-order valence-corrected chi connectivity index (χ3v) is 3.97. The van der Waals surface area contributed by atoms with E-state index in [1.54, 1.807) is 0 Å². The van der Waals surface area contributed by atoms with E-state index >= 15 is 0 Å². The Hall–Kier alpha value is -1.51. The minimum atomic E-state index is -0.135.